The third-order valence-electron chi connectivity index (χ3n) is 2.50. The van der Waals surface area contributed by atoms with Gasteiger partial charge < -0.3 is 10.6 Å². The zero-order valence-corrected chi connectivity index (χ0v) is 10.7. The number of nitrogens with one attached hydrogen (secondary N) is 2. The van der Waals surface area contributed by atoms with Crippen LogP contribution in [0, 0.1) is 0 Å². The van der Waals surface area contributed by atoms with Crippen molar-refractivity contribution >= 4 is 29.0 Å². The smallest absolute Gasteiger partial charge is 0.221 e. The number of hydrogen-bond acceptors (Lipinski definition) is 4. The van der Waals surface area contributed by atoms with Crippen molar-refractivity contribution in [2.45, 2.75) is 19.0 Å². The molecule has 1 saturated heterocycles. The Kier molecular flexibility index (Phi) is 4.69. The minimum absolute atomic E-state index is 0.145. The van der Waals surface area contributed by atoms with E-state index in [4.69, 9.17) is 0 Å². The molecule has 2 N–H and O–H groups in total. The second-order valence-corrected chi connectivity index (χ2v) is 5.77. The van der Waals surface area contributed by atoms with Crippen molar-refractivity contribution in [1.29, 1.82) is 0 Å². The summed E-state index contributed by atoms with van der Waals surface area (Å²) >= 11 is 3.58. The minimum atomic E-state index is 0.145. The number of amides is 1. The number of thiophene rings is 1. The van der Waals surface area contributed by atoms with Gasteiger partial charge in [-0.1, -0.05) is 0 Å². The summed E-state index contributed by atoms with van der Waals surface area (Å²) in [5.41, 5.74) is 1.18. The van der Waals surface area contributed by atoms with E-state index in [1.807, 2.05) is 23.2 Å². The van der Waals surface area contributed by atoms with Gasteiger partial charge in [0.1, 0.15) is 0 Å². The van der Waals surface area contributed by atoms with Gasteiger partial charge in [-0.15, -0.1) is 0 Å². The monoisotopic (exact) mass is 256 g/mol. The molecule has 5 heteroatoms. The standard InChI is InChI=1S/C11H16N2OS2/c14-11(5-10-8-16-4-2-12-10)13-6-9-1-3-15-7-9/h1,3,7,10,12H,2,4-6,8H2,(H,13,14). The van der Waals surface area contributed by atoms with Crippen molar-refractivity contribution in [3.8, 4) is 0 Å². The van der Waals surface area contributed by atoms with E-state index in [-0.39, 0.29) is 5.91 Å². The molecule has 1 unspecified atom stereocenters. The quantitative estimate of drug-likeness (QED) is 0.857. The summed E-state index contributed by atoms with van der Waals surface area (Å²) in [6, 6.07) is 2.39. The first kappa shape index (κ1) is 12.0. The molecule has 0 bridgehead atoms. The Labute approximate surface area is 104 Å². The Morgan fingerprint density at radius 2 is 2.56 bits per heavy atom. The fourth-order valence-electron chi connectivity index (χ4n) is 1.64. The molecule has 1 aromatic rings. The van der Waals surface area contributed by atoms with Crippen LogP contribution in [0.25, 0.3) is 0 Å². The van der Waals surface area contributed by atoms with Gasteiger partial charge in [0.05, 0.1) is 0 Å². The van der Waals surface area contributed by atoms with Crippen molar-refractivity contribution < 1.29 is 4.79 Å². The van der Waals surface area contributed by atoms with Gasteiger partial charge in [-0.3, -0.25) is 4.79 Å². The van der Waals surface area contributed by atoms with Crippen molar-refractivity contribution in [2.24, 2.45) is 0 Å². The molecule has 1 amide bonds. The fraction of sp³-hybridized carbons (Fsp3) is 0.545. The molecule has 1 fully saturated rings. The topological polar surface area (TPSA) is 41.1 Å². The molecule has 1 aromatic heterocycles. The van der Waals surface area contributed by atoms with Crippen LogP contribution in [0.5, 0.6) is 0 Å². The maximum atomic E-state index is 11.6. The van der Waals surface area contributed by atoms with Gasteiger partial charge in [-0.05, 0) is 22.4 Å². The van der Waals surface area contributed by atoms with Gasteiger partial charge in [0.2, 0.25) is 5.91 Å². The van der Waals surface area contributed by atoms with E-state index in [9.17, 15) is 4.79 Å². The summed E-state index contributed by atoms with van der Waals surface area (Å²) in [5.74, 6) is 2.35. The van der Waals surface area contributed by atoms with Gasteiger partial charge >= 0.3 is 0 Å². The van der Waals surface area contributed by atoms with Crippen LogP contribution in [-0.4, -0.2) is 30.0 Å². The summed E-state index contributed by atoms with van der Waals surface area (Å²) in [6.45, 7) is 1.68. The van der Waals surface area contributed by atoms with Crippen LogP contribution >= 0.6 is 23.1 Å². The van der Waals surface area contributed by atoms with Crippen LogP contribution in [-0.2, 0) is 11.3 Å². The second-order valence-electron chi connectivity index (χ2n) is 3.84. The molecule has 1 aliphatic rings. The van der Waals surface area contributed by atoms with Crippen molar-refractivity contribution in [3.05, 3.63) is 22.4 Å². The molecule has 16 heavy (non-hydrogen) atoms. The Bertz CT molecular complexity index is 321. The zero-order chi connectivity index (χ0) is 11.2. The minimum Gasteiger partial charge on any atom is -0.352 e. The van der Waals surface area contributed by atoms with Gasteiger partial charge in [0.25, 0.3) is 0 Å². The van der Waals surface area contributed by atoms with E-state index < -0.39 is 0 Å². The number of thioether (sulfide) groups is 1. The molecule has 0 saturated carbocycles. The van der Waals surface area contributed by atoms with Gasteiger partial charge in [-0.25, -0.2) is 0 Å². The number of carbonyl (C=O) groups excluding carboxylic acids is 1. The molecule has 0 spiro atoms. The largest absolute Gasteiger partial charge is 0.352 e. The van der Waals surface area contributed by atoms with Crippen LogP contribution in [0.15, 0.2) is 16.8 Å². The summed E-state index contributed by atoms with van der Waals surface area (Å²) in [5, 5.41) is 10.4. The van der Waals surface area contributed by atoms with E-state index in [1.54, 1.807) is 11.3 Å². The number of hydrogen-bond donors (Lipinski definition) is 2. The molecule has 3 nitrogen and oxygen atoms in total. The Morgan fingerprint density at radius 3 is 3.25 bits per heavy atom. The average molecular weight is 256 g/mol. The molecule has 0 aliphatic carbocycles. The summed E-state index contributed by atoms with van der Waals surface area (Å²) in [6.07, 6.45) is 0.594. The van der Waals surface area contributed by atoms with Gasteiger partial charge in [0.15, 0.2) is 0 Å². The second kappa shape index (κ2) is 6.27. The molecule has 1 aliphatic heterocycles. The molecule has 2 rings (SSSR count). The summed E-state index contributed by atoms with van der Waals surface area (Å²) in [7, 11) is 0. The lowest BCUT2D eigenvalue weighted by Crippen LogP contribution is -2.41. The average Bonchev–Trinajstić information content (AvgIpc) is 2.81. The lowest BCUT2D eigenvalue weighted by Gasteiger charge is -2.22. The predicted octanol–water partition coefficient (Wildman–Crippen LogP) is 1.46. The van der Waals surface area contributed by atoms with E-state index >= 15 is 0 Å². The summed E-state index contributed by atoms with van der Waals surface area (Å²) in [4.78, 5) is 11.6. The highest BCUT2D eigenvalue weighted by Gasteiger charge is 2.16. The van der Waals surface area contributed by atoms with Crippen LogP contribution < -0.4 is 10.6 Å². The predicted molar refractivity (Wildman–Crippen MR) is 69.9 cm³/mol. The van der Waals surface area contributed by atoms with Crippen LogP contribution in [0.4, 0.5) is 0 Å². The maximum Gasteiger partial charge on any atom is 0.221 e. The third-order valence-corrected chi connectivity index (χ3v) is 4.36. The SMILES string of the molecule is O=C(CC1CSCCN1)NCc1ccsc1. The van der Waals surface area contributed by atoms with Crippen LogP contribution in [0.3, 0.4) is 0 Å². The first-order chi connectivity index (χ1) is 7.84. The third kappa shape index (κ3) is 3.81. The van der Waals surface area contributed by atoms with E-state index in [1.165, 1.54) is 5.56 Å². The fourth-order valence-corrected chi connectivity index (χ4v) is 3.26. The highest BCUT2D eigenvalue weighted by atomic mass is 32.2. The van der Waals surface area contributed by atoms with Crippen LogP contribution in [0.1, 0.15) is 12.0 Å². The first-order valence-electron chi connectivity index (χ1n) is 5.43. The maximum absolute atomic E-state index is 11.6. The Morgan fingerprint density at radius 1 is 1.62 bits per heavy atom. The van der Waals surface area contributed by atoms with E-state index in [0.29, 0.717) is 19.0 Å². The lowest BCUT2D eigenvalue weighted by atomic mass is 10.2. The van der Waals surface area contributed by atoms with Gasteiger partial charge in [-0.2, -0.15) is 23.1 Å². The van der Waals surface area contributed by atoms with Crippen LogP contribution in [0.2, 0.25) is 0 Å². The van der Waals surface area contributed by atoms with E-state index in [2.05, 4.69) is 16.0 Å². The first-order valence-corrected chi connectivity index (χ1v) is 7.53. The Hall–Kier alpha value is -0.520. The lowest BCUT2D eigenvalue weighted by molar-refractivity contribution is -0.121. The highest BCUT2D eigenvalue weighted by molar-refractivity contribution is 7.99. The molecule has 1 atom stereocenters. The molecule has 2 heterocycles. The normalized spacial score (nSPS) is 20.6. The molecular weight excluding hydrogens is 240 g/mol. The highest BCUT2D eigenvalue weighted by Crippen LogP contribution is 2.10. The molecule has 0 radical (unpaired) electrons. The zero-order valence-electron chi connectivity index (χ0n) is 9.07. The number of carbonyl (C=O) groups is 1. The van der Waals surface area contributed by atoms with Crippen molar-refractivity contribution in [1.82, 2.24) is 10.6 Å². The molecular formula is C11H16N2OS2. The Balaban J connectivity index is 1.67. The van der Waals surface area contributed by atoms with E-state index in [0.717, 1.165) is 18.1 Å². The summed E-state index contributed by atoms with van der Waals surface area (Å²) < 4.78 is 0. The van der Waals surface area contributed by atoms with Crippen molar-refractivity contribution in [2.75, 3.05) is 18.1 Å². The number of rotatable bonds is 4. The van der Waals surface area contributed by atoms with Crippen molar-refractivity contribution in [3.63, 3.8) is 0 Å². The molecule has 88 valence electrons. The molecule has 0 aromatic carbocycles. The van der Waals surface area contributed by atoms with Gasteiger partial charge in [0, 0.05) is 37.1 Å².